The highest BCUT2D eigenvalue weighted by Gasteiger charge is 2.38. The molecule has 1 N–H and O–H groups in total. The fraction of sp³-hybridized carbons (Fsp3) is 0.643. The number of hydrogen-bond donors (Lipinski definition) is 1. The van der Waals surface area contributed by atoms with Gasteiger partial charge in [-0.3, -0.25) is 4.98 Å². The summed E-state index contributed by atoms with van der Waals surface area (Å²) in [5.74, 6) is 0. The SMILES string of the molecule is CC(C)NCc1ccncc1N(CC(F)(F)F)C1CC1. The lowest BCUT2D eigenvalue weighted by atomic mass is 10.2. The van der Waals surface area contributed by atoms with Crippen molar-refractivity contribution in [2.24, 2.45) is 0 Å². The Kier molecular flexibility index (Phi) is 4.52. The minimum Gasteiger partial charge on any atom is -0.358 e. The summed E-state index contributed by atoms with van der Waals surface area (Å²) < 4.78 is 38.2. The summed E-state index contributed by atoms with van der Waals surface area (Å²) in [4.78, 5) is 5.45. The Labute approximate surface area is 117 Å². The van der Waals surface area contributed by atoms with E-state index in [9.17, 15) is 13.2 Å². The minimum absolute atomic E-state index is 0.00127. The lowest BCUT2D eigenvalue weighted by Crippen LogP contribution is -2.37. The molecule has 6 heteroatoms. The van der Waals surface area contributed by atoms with Gasteiger partial charge in [-0.15, -0.1) is 0 Å². The molecule has 1 aliphatic carbocycles. The van der Waals surface area contributed by atoms with Gasteiger partial charge in [0, 0.05) is 24.8 Å². The van der Waals surface area contributed by atoms with E-state index in [2.05, 4.69) is 10.3 Å². The molecule has 0 atom stereocenters. The zero-order valence-electron chi connectivity index (χ0n) is 11.7. The topological polar surface area (TPSA) is 28.2 Å². The van der Waals surface area contributed by atoms with Crippen LogP contribution in [0.5, 0.6) is 0 Å². The molecule has 20 heavy (non-hydrogen) atoms. The van der Waals surface area contributed by atoms with Crippen LogP contribution in [-0.4, -0.2) is 29.8 Å². The number of alkyl halides is 3. The average Bonchev–Trinajstić information content (AvgIpc) is 3.17. The number of nitrogens with one attached hydrogen (secondary N) is 1. The highest BCUT2D eigenvalue weighted by molar-refractivity contribution is 5.53. The maximum atomic E-state index is 12.7. The molecule has 0 bridgehead atoms. The molecule has 1 aliphatic rings. The highest BCUT2D eigenvalue weighted by atomic mass is 19.4. The van der Waals surface area contributed by atoms with E-state index in [0.717, 1.165) is 18.4 Å². The van der Waals surface area contributed by atoms with Gasteiger partial charge < -0.3 is 10.2 Å². The van der Waals surface area contributed by atoms with E-state index >= 15 is 0 Å². The Balaban J connectivity index is 2.19. The largest absolute Gasteiger partial charge is 0.405 e. The molecule has 1 fully saturated rings. The van der Waals surface area contributed by atoms with Gasteiger partial charge in [-0.25, -0.2) is 0 Å². The van der Waals surface area contributed by atoms with Crippen LogP contribution in [0.15, 0.2) is 18.5 Å². The van der Waals surface area contributed by atoms with Crippen molar-refractivity contribution >= 4 is 5.69 Å². The number of nitrogens with zero attached hydrogens (tertiary/aromatic N) is 2. The first-order chi connectivity index (χ1) is 9.37. The monoisotopic (exact) mass is 287 g/mol. The Morgan fingerprint density at radius 1 is 1.40 bits per heavy atom. The van der Waals surface area contributed by atoms with E-state index in [1.165, 1.54) is 4.90 Å². The Bertz CT molecular complexity index is 442. The molecule has 0 saturated heterocycles. The van der Waals surface area contributed by atoms with Crippen LogP contribution in [0.25, 0.3) is 0 Å². The summed E-state index contributed by atoms with van der Waals surface area (Å²) in [6, 6.07) is 2.07. The maximum Gasteiger partial charge on any atom is 0.405 e. The fourth-order valence-electron chi connectivity index (χ4n) is 2.13. The zero-order valence-corrected chi connectivity index (χ0v) is 11.7. The van der Waals surface area contributed by atoms with Crippen LogP contribution in [0.1, 0.15) is 32.3 Å². The van der Waals surface area contributed by atoms with Crippen molar-refractivity contribution in [3.63, 3.8) is 0 Å². The van der Waals surface area contributed by atoms with Crippen LogP contribution in [0, 0.1) is 0 Å². The molecule has 0 aliphatic heterocycles. The van der Waals surface area contributed by atoms with Crippen molar-refractivity contribution in [3.05, 3.63) is 24.0 Å². The number of rotatable bonds is 6. The first-order valence-electron chi connectivity index (χ1n) is 6.86. The van der Waals surface area contributed by atoms with E-state index in [4.69, 9.17) is 0 Å². The molecule has 2 rings (SSSR count). The van der Waals surface area contributed by atoms with Gasteiger partial charge in [-0.2, -0.15) is 13.2 Å². The minimum atomic E-state index is -4.19. The molecule has 1 heterocycles. The van der Waals surface area contributed by atoms with Crippen LogP contribution in [0.3, 0.4) is 0 Å². The Hall–Kier alpha value is -1.30. The fourth-order valence-corrected chi connectivity index (χ4v) is 2.13. The second-order valence-corrected chi connectivity index (χ2v) is 5.51. The lowest BCUT2D eigenvalue weighted by Gasteiger charge is -2.28. The predicted molar refractivity (Wildman–Crippen MR) is 72.6 cm³/mol. The summed E-state index contributed by atoms with van der Waals surface area (Å²) in [6.07, 6.45) is 0.617. The van der Waals surface area contributed by atoms with E-state index < -0.39 is 12.7 Å². The average molecular weight is 287 g/mol. The number of pyridine rings is 1. The molecular weight excluding hydrogens is 267 g/mol. The standard InChI is InChI=1S/C14H20F3N3/c1-10(2)19-7-11-5-6-18-8-13(11)20(12-3-4-12)9-14(15,16)17/h5-6,8,10,12,19H,3-4,7,9H2,1-2H3. The number of anilines is 1. The summed E-state index contributed by atoms with van der Waals surface area (Å²) in [6.45, 7) is 3.67. The van der Waals surface area contributed by atoms with Gasteiger partial charge in [0.1, 0.15) is 6.54 Å². The summed E-state index contributed by atoms with van der Waals surface area (Å²) in [7, 11) is 0. The number of hydrogen-bond acceptors (Lipinski definition) is 3. The second-order valence-electron chi connectivity index (χ2n) is 5.51. The van der Waals surface area contributed by atoms with Gasteiger partial charge in [0.2, 0.25) is 0 Å². The van der Waals surface area contributed by atoms with Crippen LogP contribution >= 0.6 is 0 Å². The molecule has 1 aromatic heterocycles. The summed E-state index contributed by atoms with van der Waals surface area (Å²) in [5, 5.41) is 3.24. The number of aromatic nitrogens is 1. The van der Waals surface area contributed by atoms with E-state index in [-0.39, 0.29) is 12.1 Å². The number of halogens is 3. The molecule has 0 radical (unpaired) electrons. The van der Waals surface area contributed by atoms with Crippen LogP contribution in [0.2, 0.25) is 0 Å². The zero-order chi connectivity index (χ0) is 14.8. The molecule has 0 unspecified atom stereocenters. The summed E-state index contributed by atoms with van der Waals surface area (Å²) in [5.41, 5.74) is 1.46. The first kappa shape index (κ1) is 15.1. The molecule has 0 aromatic carbocycles. The predicted octanol–water partition coefficient (Wildman–Crippen LogP) is 3.11. The van der Waals surface area contributed by atoms with Crippen LogP contribution in [-0.2, 0) is 6.54 Å². The van der Waals surface area contributed by atoms with E-state index in [1.54, 1.807) is 18.5 Å². The normalized spacial score (nSPS) is 15.7. The van der Waals surface area contributed by atoms with Gasteiger partial charge >= 0.3 is 6.18 Å². The van der Waals surface area contributed by atoms with E-state index in [1.807, 2.05) is 13.8 Å². The maximum absolute atomic E-state index is 12.7. The van der Waals surface area contributed by atoms with Crippen molar-refractivity contribution in [2.75, 3.05) is 11.4 Å². The molecule has 0 spiro atoms. The smallest absolute Gasteiger partial charge is 0.358 e. The summed E-state index contributed by atoms with van der Waals surface area (Å²) >= 11 is 0. The first-order valence-corrected chi connectivity index (χ1v) is 6.86. The third kappa shape index (κ3) is 4.37. The third-order valence-electron chi connectivity index (χ3n) is 3.24. The van der Waals surface area contributed by atoms with E-state index in [0.29, 0.717) is 12.2 Å². The Morgan fingerprint density at radius 2 is 2.10 bits per heavy atom. The quantitative estimate of drug-likeness (QED) is 0.871. The lowest BCUT2D eigenvalue weighted by molar-refractivity contribution is -0.120. The van der Waals surface area contributed by atoms with Gasteiger partial charge in [0.15, 0.2) is 0 Å². The molecule has 1 saturated carbocycles. The van der Waals surface area contributed by atoms with Crippen molar-refractivity contribution in [2.45, 2.75) is 51.5 Å². The third-order valence-corrected chi connectivity index (χ3v) is 3.24. The van der Waals surface area contributed by atoms with Gasteiger partial charge in [0.25, 0.3) is 0 Å². The molecule has 112 valence electrons. The molecular formula is C14H20F3N3. The molecule has 0 amide bonds. The van der Waals surface area contributed by atoms with Gasteiger partial charge in [0.05, 0.1) is 11.9 Å². The van der Waals surface area contributed by atoms with Crippen molar-refractivity contribution in [3.8, 4) is 0 Å². The highest BCUT2D eigenvalue weighted by Crippen LogP contribution is 2.35. The van der Waals surface area contributed by atoms with Crippen LogP contribution < -0.4 is 10.2 Å². The van der Waals surface area contributed by atoms with Crippen LogP contribution in [0.4, 0.5) is 18.9 Å². The molecule has 1 aromatic rings. The van der Waals surface area contributed by atoms with Crippen molar-refractivity contribution in [1.29, 1.82) is 0 Å². The van der Waals surface area contributed by atoms with Gasteiger partial charge in [-0.1, -0.05) is 13.8 Å². The van der Waals surface area contributed by atoms with Gasteiger partial charge in [-0.05, 0) is 24.5 Å². The second kappa shape index (κ2) is 5.99. The van der Waals surface area contributed by atoms with Crippen molar-refractivity contribution < 1.29 is 13.2 Å². The van der Waals surface area contributed by atoms with Crippen molar-refractivity contribution in [1.82, 2.24) is 10.3 Å². The molecule has 3 nitrogen and oxygen atoms in total. The Morgan fingerprint density at radius 3 is 2.65 bits per heavy atom.